The van der Waals surface area contributed by atoms with E-state index in [2.05, 4.69) is 15.4 Å². The second kappa shape index (κ2) is 9.80. The third-order valence-corrected chi connectivity index (χ3v) is 5.92. The highest BCUT2D eigenvalue weighted by Gasteiger charge is 2.19. The van der Waals surface area contributed by atoms with Gasteiger partial charge in [0.05, 0.1) is 4.90 Å². The topological polar surface area (TPSA) is 123 Å². The molecule has 2 amide bonds. The number of carbonyl (C=O) groups is 2. The summed E-state index contributed by atoms with van der Waals surface area (Å²) in [6.45, 7) is 4.49. The molecule has 1 aliphatic heterocycles. The van der Waals surface area contributed by atoms with Crippen LogP contribution >= 0.6 is 0 Å². The molecule has 1 aliphatic rings. The first-order chi connectivity index (χ1) is 14.8. The molecule has 0 unspecified atom stereocenters. The molecular weight excluding hydrogens is 422 g/mol. The Balaban J connectivity index is 1.48. The van der Waals surface area contributed by atoms with E-state index in [0.717, 1.165) is 0 Å². The Morgan fingerprint density at radius 2 is 1.65 bits per heavy atom. The standard InChI is InChI=1S/C21H25N3O6S/c1-14(2)20(25)24-16-5-3-15(4-6-16)21(26)22-9-10-23-31(27,28)17-7-8-18-19(13-17)30-12-11-29-18/h3-8,13-14,23H,9-12H2,1-2H3,(H,22,26)(H,24,25). The lowest BCUT2D eigenvalue weighted by atomic mass is 10.1. The van der Waals surface area contributed by atoms with Crippen molar-refractivity contribution in [2.24, 2.45) is 5.92 Å². The summed E-state index contributed by atoms with van der Waals surface area (Å²) < 4.78 is 38.1. The summed E-state index contributed by atoms with van der Waals surface area (Å²) in [5.74, 6) is 0.291. The van der Waals surface area contributed by atoms with Crippen LogP contribution < -0.4 is 24.8 Å². The zero-order valence-corrected chi connectivity index (χ0v) is 18.1. The molecule has 0 atom stereocenters. The molecule has 3 rings (SSSR count). The van der Waals surface area contributed by atoms with Crippen molar-refractivity contribution < 1.29 is 27.5 Å². The number of hydrogen-bond acceptors (Lipinski definition) is 6. The Hall–Kier alpha value is -3.11. The summed E-state index contributed by atoms with van der Waals surface area (Å²) in [4.78, 5) is 24.0. The van der Waals surface area contributed by atoms with E-state index in [9.17, 15) is 18.0 Å². The first-order valence-corrected chi connectivity index (χ1v) is 11.3. The molecule has 0 bridgehead atoms. The molecule has 0 spiro atoms. The average molecular weight is 448 g/mol. The summed E-state index contributed by atoms with van der Waals surface area (Å²) in [6, 6.07) is 10.9. The minimum atomic E-state index is -3.76. The molecule has 0 saturated carbocycles. The normalized spacial score (nSPS) is 13.0. The lowest BCUT2D eigenvalue weighted by Crippen LogP contribution is -2.34. The largest absolute Gasteiger partial charge is 0.486 e. The van der Waals surface area contributed by atoms with Crippen LogP contribution in [-0.2, 0) is 14.8 Å². The predicted molar refractivity (Wildman–Crippen MR) is 115 cm³/mol. The highest BCUT2D eigenvalue weighted by atomic mass is 32.2. The maximum absolute atomic E-state index is 12.5. The minimum absolute atomic E-state index is 0.0189. The Bertz CT molecular complexity index is 1050. The first-order valence-electron chi connectivity index (χ1n) is 9.85. The van der Waals surface area contributed by atoms with Gasteiger partial charge in [-0.2, -0.15) is 0 Å². The van der Waals surface area contributed by atoms with Crippen molar-refractivity contribution in [3.63, 3.8) is 0 Å². The molecule has 0 aromatic heterocycles. The van der Waals surface area contributed by atoms with Gasteiger partial charge < -0.3 is 20.1 Å². The molecule has 3 N–H and O–H groups in total. The first kappa shape index (κ1) is 22.6. The Morgan fingerprint density at radius 3 is 2.32 bits per heavy atom. The van der Waals surface area contributed by atoms with Crippen LogP contribution in [0.2, 0.25) is 0 Å². The molecule has 2 aromatic rings. The number of amides is 2. The molecule has 0 radical (unpaired) electrons. The third kappa shape index (κ3) is 5.96. The number of benzene rings is 2. The molecule has 166 valence electrons. The number of fused-ring (bicyclic) bond motifs is 1. The summed E-state index contributed by atoms with van der Waals surface area (Å²) in [5.41, 5.74) is 1.000. The van der Waals surface area contributed by atoms with E-state index in [4.69, 9.17) is 9.47 Å². The Labute approximate surface area is 181 Å². The van der Waals surface area contributed by atoms with Crippen LogP contribution in [0, 0.1) is 5.92 Å². The number of hydrogen-bond donors (Lipinski definition) is 3. The Morgan fingerprint density at radius 1 is 0.968 bits per heavy atom. The van der Waals surface area contributed by atoms with Crippen LogP contribution in [-0.4, -0.2) is 46.5 Å². The number of anilines is 1. The summed E-state index contributed by atoms with van der Waals surface area (Å²) in [7, 11) is -3.76. The maximum atomic E-state index is 12.5. The van der Waals surface area contributed by atoms with Crippen molar-refractivity contribution >= 4 is 27.5 Å². The maximum Gasteiger partial charge on any atom is 0.251 e. The van der Waals surface area contributed by atoms with E-state index in [1.165, 1.54) is 12.1 Å². The predicted octanol–water partition coefficient (Wildman–Crippen LogP) is 1.76. The summed E-state index contributed by atoms with van der Waals surface area (Å²) in [6.07, 6.45) is 0. The van der Waals surface area contributed by atoms with Crippen molar-refractivity contribution in [3.05, 3.63) is 48.0 Å². The van der Waals surface area contributed by atoms with Crippen LogP contribution in [0.4, 0.5) is 5.69 Å². The molecule has 10 heteroatoms. The zero-order chi connectivity index (χ0) is 22.4. The van der Waals surface area contributed by atoms with E-state index in [0.29, 0.717) is 36.0 Å². The monoisotopic (exact) mass is 447 g/mol. The average Bonchev–Trinajstić information content (AvgIpc) is 2.76. The fraction of sp³-hybridized carbons (Fsp3) is 0.333. The smallest absolute Gasteiger partial charge is 0.251 e. The Kier molecular flexibility index (Phi) is 7.13. The molecular formula is C21H25N3O6S. The van der Waals surface area contributed by atoms with Gasteiger partial charge in [-0.15, -0.1) is 0 Å². The van der Waals surface area contributed by atoms with Crippen LogP contribution in [0.25, 0.3) is 0 Å². The van der Waals surface area contributed by atoms with Crippen molar-refractivity contribution in [1.29, 1.82) is 0 Å². The van der Waals surface area contributed by atoms with Crippen molar-refractivity contribution in [2.75, 3.05) is 31.6 Å². The lowest BCUT2D eigenvalue weighted by Gasteiger charge is -2.19. The number of ether oxygens (including phenoxy) is 2. The quantitative estimate of drug-likeness (QED) is 0.530. The fourth-order valence-electron chi connectivity index (χ4n) is 2.73. The van der Waals surface area contributed by atoms with Gasteiger partial charge in [-0.05, 0) is 36.4 Å². The van der Waals surface area contributed by atoms with Gasteiger partial charge in [0, 0.05) is 36.3 Å². The highest BCUT2D eigenvalue weighted by Crippen LogP contribution is 2.32. The van der Waals surface area contributed by atoms with Gasteiger partial charge in [-0.1, -0.05) is 13.8 Å². The number of rotatable bonds is 8. The lowest BCUT2D eigenvalue weighted by molar-refractivity contribution is -0.118. The third-order valence-electron chi connectivity index (χ3n) is 4.47. The summed E-state index contributed by atoms with van der Waals surface area (Å²) in [5, 5.41) is 5.40. The SMILES string of the molecule is CC(C)C(=O)Nc1ccc(C(=O)NCCNS(=O)(=O)c2ccc3c(c2)OCCO3)cc1. The van der Waals surface area contributed by atoms with Gasteiger partial charge in [0.15, 0.2) is 11.5 Å². The number of nitrogens with one attached hydrogen (secondary N) is 3. The van der Waals surface area contributed by atoms with E-state index in [-0.39, 0.29) is 35.7 Å². The van der Waals surface area contributed by atoms with Gasteiger partial charge in [0.25, 0.3) is 5.91 Å². The van der Waals surface area contributed by atoms with Crippen LogP contribution in [0.3, 0.4) is 0 Å². The summed E-state index contributed by atoms with van der Waals surface area (Å²) >= 11 is 0. The second-order valence-corrected chi connectivity index (χ2v) is 8.95. The van der Waals surface area contributed by atoms with E-state index in [1.807, 2.05) is 0 Å². The fourth-order valence-corrected chi connectivity index (χ4v) is 3.78. The minimum Gasteiger partial charge on any atom is -0.486 e. The van der Waals surface area contributed by atoms with Gasteiger partial charge in [-0.25, -0.2) is 13.1 Å². The zero-order valence-electron chi connectivity index (χ0n) is 17.3. The van der Waals surface area contributed by atoms with Crippen molar-refractivity contribution in [1.82, 2.24) is 10.0 Å². The van der Waals surface area contributed by atoms with Crippen molar-refractivity contribution in [3.8, 4) is 11.5 Å². The van der Waals surface area contributed by atoms with Crippen LogP contribution in [0.1, 0.15) is 24.2 Å². The van der Waals surface area contributed by atoms with Gasteiger partial charge >= 0.3 is 0 Å². The molecule has 0 aliphatic carbocycles. The molecule has 1 heterocycles. The van der Waals surface area contributed by atoms with Crippen molar-refractivity contribution in [2.45, 2.75) is 18.7 Å². The van der Waals surface area contributed by atoms with Gasteiger partial charge in [0.1, 0.15) is 13.2 Å². The highest BCUT2D eigenvalue weighted by molar-refractivity contribution is 7.89. The molecule has 2 aromatic carbocycles. The second-order valence-electron chi connectivity index (χ2n) is 7.18. The van der Waals surface area contributed by atoms with Crippen LogP contribution in [0.15, 0.2) is 47.4 Å². The van der Waals surface area contributed by atoms with Crippen LogP contribution in [0.5, 0.6) is 11.5 Å². The molecule has 0 fully saturated rings. The van der Waals surface area contributed by atoms with E-state index < -0.39 is 10.0 Å². The molecule has 9 nitrogen and oxygen atoms in total. The number of sulfonamides is 1. The molecule has 31 heavy (non-hydrogen) atoms. The van der Waals surface area contributed by atoms with E-state index in [1.54, 1.807) is 44.2 Å². The number of carbonyl (C=O) groups excluding carboxylic acids is 2. The van der Waals surface area contributed by atoms with Gasteiger partial charge in [0.2, 0.25) is 15.9 Å². The van der Waals surface area contributed by atoms with E-state index >= 15 is 0 Å². The van der Waals surface area contributed by atoms with Gasteiger partial charge in [-0.3, -0.25) is 9.59 Å². The molecule has 0 saturated heterocycles.